The number of urea groups is 1. The zero-order valence-corrected chi connectivity index (χ0v) is 10.6. The van der Waals surface area contributed by atoms with Crippen molar-refractivity contribution in [2.45, 2.75) is 32.2 Å². The Labute approximate surface area is 100 Å². The standard InChI is InChI=1S/C10H20N2O3S/c1-3-4-6-11-10(15)12-8(9(13)14)5-7-16-2/h8H,3-7H2,1-2H3,(H,13,14)(H2,11,12,15)/t8-/m1/s1. The maximum atomic E-state index is 11.3. The molecule has 1 atom stereocenters. The summed E-state index contributed by atoms with van der Waals surface area (Å²) >= 11 is 1.56. The molecule has 0 saturated heterocycles. The van der Waals surface area contributed by atoms with E-state index in [9.17, 15) is 9.59 Å². The minimum absolute atomic E-state index is 0.401. The number of hydrogen-bond acceptors (Lipinski definition) is 3. The Morgan fingerprint density at radius 3 is 2.62 bits per heavy atom. The number of unbranched alkanes of at least 4 members (excludes halogenated alkanes) is 1. The van der Waals surface area contributed by atoms with Crippen molar-refractivity contribution in [1.82, 2.24) is 10.6 Å². The van der Waals surface area contributed by atoms with E-state index in [2.05, 4.69) is 10.6 Å². The molecule has 0 radical (unpaired) electrons. The zero-order chi connectivity index (χ0) is 12.4. The molecule has 16 heavy (non-hydrogen) atoms. The van der Waals surface area contributed by atoms with Crippen molar-refractivity contribution >= 4 is 23.8 Å². The summed E-state index contributed by atoms with van der Waals surface area (Å²) in [6.07, 6.45) is 4.24. The van der Waals surface area contributed by atoms with Crippen molar-refractivity contribution in [3.05, 3.63) is 0 Å². The van der Waals surface area contributed by atoms with E-state index in [1.54, 1.807) is 11.8 Å². The van der Waals surface area contributed by atoms with Gasteiger partial charge in [0.05, 0.1) is 0 Å². The van der Waals surface area contributed by atoms with Crippen molar-refractivity contribution in [3.63, 3.8) is 0 Å². The van der Waals surface area contributed by atoms with E-state index in [1.165, 1.54) is 0 Å². The first-order chi connectivity index (χ1) is 7.61. The van der Waals surface area contributed by atoms with E-state index >= 15 is 0 Å². The Hall–Kier alpha value is -0.910. The van der Waals surface area contributed by atoms with Crippen LogP contribution in [0.4, 0.5) is 4.79 Å². The van der Waals surface area contributed by atoms with E-state index in [0.29, 0.717) is 18.7 Å². The van der Waals surface area contributed by atoms with Crippen LogP contribution in [0.15, 0.2) is 0 Å². The number of carbonyl (C=O) groups is 2. The normalized spacial score (nSPS) is 11.9. The molecule has 0 aliphatic carbocycles. The SMILES string of the molecule is CCCCNC(=O)N[C@H](CCSC)C(=O)O. The summed E-state index contributed by atoms with van der Waals surface area (Å²) < 4.78 is 0. The van der Waals surface area contributed by atoms with Crippen molar-refractivity contribution in [3.8, 4) is 0 Å². The molecule has 2 amide bonds. The molecule has 0 fully saturated rings. The maximum absolute atomic E-state index is 11.3. The lowest BCUT2D eigenvalue weighted by molar-refractivity contribution is -0.139. The van der Waals surface area contributed by atoms with E-state index in [1.807, 2.05) is 13.2 Å². The largest absolute Gasteiger partial charge is 0.480 e. The monoisotopic (exact) mass is 248 g/mol. The lowest BCUT2D eigenvalue weighted by Gasteiger charge is -2.14. The molecule has 5 nitrogen and oxygen atoms in total. The number of aliphatic carboxylic acids is 1. The van der Waals surface area contributed by atoms with Crippen LogP contribution in [-0.2, 0) is 4.79 Å². The van der Waals surface area contributed by atoms with Gasteiger partial charge in [-0.15, -0.1) is 0 Å². The topological polar surface area (TPSA) is 78.4 Å². The number of amides is 2. The molecule has 0 aliphatic rings. The van der Waals surface area contributed by atoms with Gasteiger partial charge in [0.1, 0.15) is 6.04 Å². The lowest BCUT2D eigenvalue weighted by atomic mass is 10.2. The highest BCUT2D eigenvalue weighted by Gasteiger charge is 2.18. The predicted octanol–water partition coefficient (Wildman–Crippen LogP) is 1.29. The van der Waals surface area contributed by atoms with Gasteiger partial charge in [-0.25, -0.2) is 9.59 Å². The lowest BCUT2D eigenvalue weighted by Crippen LogP contribution is -2.46. The van der Waals surface area contributed by atoms with Crippen molar-refractivity contribution in [2.24, 2.45) is 0 Å². The summed E-state index contributed by atoms with van der Waals surface area (Å²) in [4.78, 5) is 22.1. The first-order valence-corrected chi connectivity index (χ1v) is 6.77. The first-order valence-electron chi connectivity index (χ1n) is 5.38. The molecule has 0 aromatic rings. The molecule has 0 saturated carbocycles. The highest BCUT2D eigenvalue weighted by Crippen LogP contribution is 2.00. The van der Waals surface area contributed by atoms with E-state index in [-0.39, 0.29) is 0 Å². The summed E-state index contributed by atoms with van der Waals surface area (Å²) in [6.45, 7) is 2.61. The molecule has 0 rings (SSSR count). The third kappa shape index (κ3) is 7.39. The molecule has 0 aliphatic heterocycles. The molecule has 0 spiro atoms. The fraction of sp³-hybridized carbons (Fsp3) is 0.800. The quantitative estimate of drug-likeness (QED) is 0.566. The minimum Gasteiger partial charge on any atom is -0.480 e. The smallest absolute Gasteiger partial charge is 0.326 e. The van der Waals surface area contributed by atoms with Crippen LogP contribution in [0, 0.1) is 0 Å². The number of carboxylic acid groups (broad SMARTS) is 1. The molecule has 0 aromatic heterocycles. The van der Waals surface area contributed by atoms with Crippen LogP contribution in [0.5, 0.6) is 0 Å². The maximum Gasteiger partial charge on any atom is 0.326 e. The Bertz CT molecular complexity index is 224. The van der Waals surface area contributed by atoms with Gasteiger partial charge in [0.2, 0.25) is 0 Å². The number of carbonyl (C=O) groups excluding carboxylic acids is 1. The van der Waals surface area contributed by atoms with Crippen LogP contribution in [-0.4, -0.2) is 41.7 Å². The van der Waals surface area contributed by atoms with Gasteiger partial charge in [-0.2, -0.15) is 11.8 Å². The second kappa shape index (κ2) is 9.33. The summed E-state index contributed by atoms with van der Waals surface area (Å²) in [5.74, 6) is -0.272. The molecule has 0 unspecified atom stereocenters. The van der Waals surface area contributed by atoms with Gasteiger partial charge in [0.25, 0.3) is 0 Å². The summed E-state index contributed by atoms with van der Waals surface area (Å²) in [6, 6.07) is -1.20. The third-order valence-electron chi connectivity index (χ3n) is 2.03. The number of thioether (sulfide) groups is 1. The highest BCUT2D eigenvalue weighted by atomic mass is 32.2. The Morgan fingerprint density at radius 2 is 2.12 bits per heavy atom. The van der Waals surface area contributed by atoms with E-state index < -0.39 is 18.0 Å². The second-order valence-corrected chi connectivity index (χ2v) is 4.41. The van der Waals surface area contributed by atoms with Crippen LogP contribution in [0.3, 0.4) is 0 Å². The van der Waals surface area contributed by atoms with E-state index in [0.717, 1.165) is 12.8 Å². The molecule has 6 heteroatoms. The number of nitrogens with one attached hydrogen (secondary N) is 2. The summed E-state index contributed by atoms with van der Waals surface area (Å²) in [5, 5.41) is 13.9. The van der Waals surface area contributed by atoms with Gasteiger partial charge in [-0.05, 0) is 24.9 Å². The Balaban J connectivity index is 3.88. The molecular weight excluding hydrogens is 228 g/mol. The van der Waals surface area contributed by atoms with Crippen LogP contribution in [0.1, 0.15) is 26.2 Å². The fourth-order valence-electron chi connectivity index (χ4n) is 1.08. The molecule has 0 aromatic carbocycles. The van der Waals surface area contributed by atoms with Crippen LogP contribution in [0.2, 0.25) is 0 Å². The van der Waals surface area contributed by atoms with Gasteiger partial charge in [0, 0.05) is 6.54 Å². The average Bonchev–Trinajstić information content (AvgIpc) is 2.24. The second-order valence-electron chi connectivity index (χ2n) is 3.43. The molecular formula is C10H20N2O3S. The third-order valence-corrected chi connectivity index (χ3v) is 2.67. The first kappa shape index (κ1) is 15.1. The van der Waals surface area contributed by atoms with Gasteiger partial charge in [0.15, 0.2) is 0 Å². The van der Waals surface area contributed by atoms with Gasteiger partial charge >= 0.3 is 12.0 Å². The Kier molecular flexibility index (Phi) is 8.80. The molecule has 0 heterocycles. The van der Waals surface area contributed by atoms with Gasteiger partial charge in [-0.1, -0.05) is 13.3 Å². The molecule has 0 bridgehead atoms. The van der Waals surface area contributed by atoms with Crippen molar-refractivity contribution in [2.75, 3.05) is 18.6 Å². The molecule has 94 valence electrons. The van der Waals surface area contributed by atoms with Crippen LogP contribution >= 0.6 is 11.8 Å². The number of rotatable bonds is 8. The van der Waals surface area contributed by atoms with Crippen molar-refractivity contribution < 1.29 is 14.7 Å². The zero-order valence-electron chi connectivity index (χ0n) is 9.78. The highest BCUT2D eigenvalue weighted by molar-refractivity contribution is 7.98. The van der Waals surface area contributed by atoms with Gasteiger partial charge < -0.3 is 15.7 Å². The Morgan fingerprint density at radius 1 is 1.44 bits per heavy atom. The number of carboxylic acids is 1. The average molecular weight is 248 g/mol. The summed E-state index contributed by atoms with van der Waals surface area (Å²) in [7, 11) is 0. The predicted molar refractivity (Wildman–Crippen MR) is 65.9 cm³/mol. The van der Waals surface area contributed by atoms with Crippen LogP contribution < -0.4 is 10.6 Å². The van der Waals surface area contributed by atoms with E-state index in [4.69, 9.17) is 5.11 Å². The molecule has 3 N–H and O–H groups in total. The van der Waals surface area contributed by atoms with Crippen molar-refractivity contribution in [1.29, 1.82) is 0 Å². The minimum atomic E-state index is -0.986. The fourth-order valence-corrected chi connectivity index (χ4v) is 1.55. The summed E-state index contributed by atoms with van der Waals surface area (Å²) in [5.41, 5.74) is 0. The van der Waals surface area contributed by atoms with Crippen LogP contribution in [0.25, 0.3) is 0 Å². The number of hydrogen-bond donors (Lipinski definition) is 3. The van der Waals surface area contributed by atoms with Gasteiger partial charge in [-0.3, -0.25) is 0 Å².